The lowest BCUT2D eigenvalue weighted by atomic mass is 9.95. The Hall–Kier alpha value is -4.70. The predicted molar refractivity (Wildman–Crippen MR) is 183 cm³/mol. The maximum Gasteiger partial charge on any atom is 0.293 e. The van der Waals surface area contributed by atoms with Crippen LogP contribution in [0.4, 0.5) is 0 Å². The topological polar surface area (TPSA) is 104 Å². The van der Waals surface area contributed by atoms with E-state index < -0.39 is 0 Å². The SMILES string of the molecule is O=c1c2ncccc2c(-c2ccccn2)nn1C1CCCCC1.S=c1c2ncccc2c(-c2ccccn2)nn1C1CCCCC1. The molecule has 0 N–H and O–H groups in total. The Morgan fingerprint density at radius 1 is 0.543 bits per heavy atom. The molecule has 2 aliphatic rings. The van der Waals surface area contributed by atoms with Gasteiger partial charge in [-0.15, -0.1) is 0 Å². The summed E-state index contributed by atoms with van der Waals surface area (Å²) in [6.07, 6.45) is 18.6. The lowest BCUT2D eigenvalue weighted by Crippen LogP contribution is -2.30. The van der Waals surface area contributed by atoms with Gasteiger partial charge in [-0.1, -0.05) is 62.9 Å². The second-order valence-corrected chi connectivity index (χ2v) is 12.4. The summed E-state index contributed by atoms with van der Waals surface area (Å²) in [4.78, 5) is 30.6. The second-order valence-electron chi connectivity index (χ2n) is 12.0. The monoisotopic (exact) mass is 628 g/mol. The van der Waals surface area contributed by atoms with E-state index in [9.17, 15) is 4.79 Å². The normalized spacial score (nSPS) is 15.8. The summed E-state index contributed by atoms with van der Waals surface area (Å²) < 4.78 is 4.42. The van der Waals surface area contributed by atoms with Crippen molar-refractivity contribution in [2.75, 3.05) is 0 Å². The zero-order valence-electron chi connectivity index (χ0n) is 25.7. The van der Waals surface area contributed by atoms with E-state index in [1.807, 2.05) is 65.3 Å². The van der Waals surface area contributed by atoms with Crippen LogP contribution in [0.25, 0.3) is 44.6 Å². The first kappa shape index (κ1) is 30.0. The van der Waals surface area contributed by atoms with Crippen molar-refractivity contribution in [3.05, 3.63) is 100 Å². The van der Waals surface area contributed by atoms with Gasteiger partial charge in [-0.25, -0.2) is 9.36 Å². The van der Waals surface area contributed by atoms with Gasteiger partial charge in [-0.3, -0.25) is 24.7 Å². The molecule has 10 heteroatoms. The van der Waals surface area contributed by atoms with Gasteiger partial charge < -0.3 is 0 Å². The minimum Gasteiger partial charge on any atom is -0.265 e. The number of nitrogens with zero attached hydrogens (tertiary/aromatic N) is 8. The molecule has 2 fully saturated rings. The molecule has 0 saturated heterocycles. The molecule has 46 heavy (non-hydrogen) atoms. The van der Waals surface area contributed by atoms with Crippen LogP contribution in [0.3, 0.4) is 0 Å². The van der Waals surface area contributed by atoms with E-state index >= 15 is 0 Å². The van der Waals surface area contributed by atoms with Crippen LogP contribution in [0.2, 0.25) is 0 Å². The van der Waals surface area contributed by atoms with E-state index in [1.165, 1.54) is 25.7 Å². The lowest BCUT2D eigenvalue weighted by molar-refractivity contribution is 0.320. The van der Waals surface area contributed by atoms with Crippen molar-refractivity contribution < 1.29 is 0 Å². The van der Waals surface area contributed by atoms with Gasteiger partial charge in [0.1, 0.15) is 27.1 Å². The van der Waals surface area contributed by atoms with Crippen molar-refractivity contribution in [3.63, 3.8) is 0 Å². The molecule has 6 aromatic rings. The number of rotatable bonds is 4. The van der Waals surface area contributed by atoms with Gasteiger partial charge in [0.15, 0.2) is 0 Å². The summed E-state index contributed by atoms with van der Waals surface area (Å²) in [5.74, 6) is 0. The van der Waals surface area contributed by atoms with Gasteiger partial charge in [0.05, 0.1) is 23.5 Å². The molecule has 0 unspecified atom stereocenters. The number of fused-ring (bicyclic) bond motifs is 2. The van der Waals surface area contributed by atoms with Crippen molar-refractivity contribution in [2.24, 2.45) is 0 Å². The maximum absolute atomic E-state index is 12.8. The molecule has 2 aliphatic carbocycles. The standard InChI is InChI=1S/C18H18N4O.C18H18N4S/c2*23-18-17-14(9-6-12-20-17)16(15-10-4-5-11-19-15)21-22(18)13-7-2-1-3-8-13/h2*4-6,9-13H,1-3,7-8H2. The van der Waals surface area contributed by atoms with E-state index in [0.717, 1.165) is 82.2 Å². The molecule has 0 amide bonds. The molecule has 0 radical (unpaired) electrons. The average molecular weight is 629 g/mol. The molecular formula is C36H36N8OS. The first-order valence-electron chi connectivity index (χ1n) is 16.3. The lowest BCUT2D eigenvalue weighted by Gasteiger charge is -2.24. The van der Waals surface area contributed by atoms with Crippen LogP contribution in [0, 0.1) is 4.64 Å². The van der Waals surface area contributed by atoms with Gasteiger partial charge >= 0.3 is 0 Å². The molecule has 0 atom stereocenters. The fourth-order valence-electron chi connectivity index (χ4n) is 6.69. The number of aromatic nitrogens is 8. The molecule has 6 aromatic heterocycles. The summed E-state index contributed by atoms with van der Waals surface area (Å²) in [5, 5.41) is 11.3. The zero-order valence-corrected chi connectivity index (χ0v) is 26.5. The summed E-state index contributed by atoms with van der Waals surface area (Å²) in [6.45, 7) is 0. The Balaban J connectivity index is 0.000000147. The Morgan fingerprint density at radius 3 is 1.57 bits per heavy atom. The molecule has 9 nitrogen and oxygen atoms in total. The van der Waals surface area contributed by atoms with Crippen LogP contribution >= 0.6 is 12.2 Å². The number of hydrogen-bond acceptors (Lipinski definition) is 8. The largest absolute Gasteiger partial charge is 0.293 e. The third-order valence-electron chi connectivity index (χ3n) is 9.02. The fourth-order valence-corrected chi connectivity index (χ4v) is 7.05. The molecule has 0 aliphatic heterocycles. The van der Waals surface area contributed by atoms with Crippen LogP contribution < -0.4 is 5.56 Å². The number of hydrogen-bond donors (Lipinski definition) is 0. The Bertz CT molecular complexity index is 1920. The number of pyridine rings is 4. The molecule has 6 heterocycles. The third kappa shape index (κ3) is 6.09. The molecule has 8 rings (SSSR count). The second kappa shape index (κ2) is 13.7. The Kier molecular flexibility index (Phi) is 8.96. The van der Waals surface area contributed by atoms with Gasteiger partial charge in [-0.2, -0.15) is 10.2 Å². The van der Waals surface area contributed by atoms with E-state index in [1.54, 1.807) is 29.5 Å². The van der Waals surface area contributed by atoms with E-state index in [0.29, 0.717) is 11.6 Å². The van der Waals surface area contributed by atoms with Gasteiger partial charge in [0.25, 0.3) is 5.56 Å². The van der Waals surface area contributed by atoms with E-state index in [4.69, 9.17) is 22.4 Å². The highest BCUT2D eigenvalue weighted by Crippen LogP contribution is 2.32. The summed E-state index contributed by atoms with van der Waals surface area (Å²) >= 11 is 5.70. The molecule has 0 aromatic carbocycles. The Morgan fingerprint density at radius 2 is 1.02 bits per heavy atom. The van der Waals surface area contributed by atoms with Crippen molar-refractivity contribution in [3.8, 4) is 22.8 Å². The highest BCUT2D eigenvalue weighted by Gasteiger charge is 2.22. The summed E-state index contributed by atoms with van der Waals surface area (Å²) in [7, 11) is 0. The quantitative estimate of drug-likeness (QED) is 0.181. The molecule has 0 bridgehead atoms. The average Bonchev–Trinajstić information content (AvgIpc) is 3.14. The molecular weight excluding hydrogens is 593 g/mol. The zero-order chi connectivity index (χ0) is 31.3. The van der Waals surface area contributed by atoms with Crippen molar-refractivity contribution >= 4 is 34.0 Å². The van der Waals surface area contributed by atoms with Gasteiger partial charge in [-0.05, 0) is 74.2 Å². The first-order valence-corrected chi connectivity index (χ1v) is 16.7. The van der Waals surface area contributed by atoms with Crippen LogP contribution in [0.1, 0.15) is 76.3 Å². The molecule has 2 saturated carbocycles. The van der Waals surface area contributed by atoms with Crippen molar-refractivity contribution in [1.29, 1.82) is 0 Å². The van der Waals surface area contributed by atoms with Crippen molar-refractivity contribution in [2.45, 2.75) is 76.3 Å². The van der Waals surface area contributed by atoms with Crippen LogP contribution in [0.15, 0.2) is 90.2 Å². The van der Waals surface area contributed by atoms with Crippen LogP contribution in [0.5, 0.6) is 0 Å². The van der Waals surface area contributed by atoms with Crippen LogP contribution in [-0.4, -0.2) is 39.5 Å². The maximum atomic E-state index is 12.8. The smallest absolute Gasteiger partial charge is 0.265 e. The predicted octanol–water partition coefficient (Wildman–Crippen LogP) is 8.09. The van der Waals surface area contributed by atoms with E-state index in [2.05, 4.69) is 19.9 Å². The highest BCUT2D eigenvalue weighted by molar-refractivity contribution is 7.71. The minimum absolute atomic E-state index is 0.0906. The van der Waals surface area contributed by atoms with Gasteiger partial charge in [0, 0.05) is 35.6 Å². The van der Waals surface area contributed by atoms with Crippen LogP contribution in [-0.2, 0) is 0 Å². The highest BCUT2D eigenvalue weighted by atomic mass is 32.1. The Labute approximate surface area is 272 Å². The minimum atomic E-state index is -0.0906. The molecule has 0 spiro atoms. The van der Waals surface area contributed by atoms with Gasteiger partial charge in [0.2, 0.25) is 0 Å². The summed E-state index contributed by atoms with van der Waals surface area (Å²) in [6, 6.07) is 19.9. The first-order chi connectivity index (χ1) is 22.7. The summed E-state index contributed by atoms with van der Waals surface area (Å²) in [5.41, 5.74) is 4.48. The molecule has 232 valence electrons. The fraction of sp³-hybridized carbons (Fsp3) is 0.333. The van der Waals surface area contributed by atoms with E-state index in [-0.39, 0.29) is 11.6 Å². The third-order valence-corrected chi connectivity index (χ3v) is 9.40. The van der Waals surface area contributed by atoms with Crippen molar-refractivity contribution in [1.82, 2.24) is 39.5 Å².